The van der Waals surface area contributed by atoms with Crippen LogP contribution in [0.3, 0.4) is 0 Å². The van der Waals surface area contributed by atoms with Crippen LogP contribution in [0.4, 0.5) is 0 Å². The van der Waals surface area contributed by atoms with Gasteiger partial charge in [-0.25, -0.2) is 0 Å². The van der Waals surface area contributed by atoms with E-state index >= 15 is 0 Å². The molecule has 1 heteroatoms. The summed E-state index contributed by atoms with van der Waals surface area (Å²) >= 11 is 0. The van der Waals surface area contributed by atoms with E-state index in [1.165, 1.54) is 34.7 Å². The van der Waals surface area contributed by atoms with E-state index in [2.05, 4.69) is 54.2 Å². The summed E-state index contributed by atoms with van der Waals surface area (Å²) < 4.78 is 0. The Morgan fingerprint density at radius 2 is 2.00 bits per heavy atom. The SMILES string of the molecule is C#Cc1ccc(CCCC)c2[nH]c3ccccc3c12. The van der Waals surface area contributed by atoms with Gasteiger partial charge >= 0.3 is 0 Å². The monoisotopic (exact) mass is 247 g/mol. The van der Waals surface area contributed by atoms with Gasteiger partial charge in [-0.2, -0.15) is 0 Å². The Balaban J connectivity index is 2.35. The predicted molar refractivity (Wildman–Crippen MR) is 82.4 cm³/mol. The Bertz CT molecular complexity index is 771. The Labute approximate surface area is 113 Å². The van der Waals surface area contributed by atoms with Crippen LogP contribution in [-0.4, -0.2) is 4.98 Å². The van der Waals surface area contributed by atoms with Gasteiger partial charge in [0, 0.05) is 21.9 Å². The van der Waals surface area contributed by atoms with Crippen molar-refractivity contribution in [3.63, 3.8) is 0 Å². The summed E-state index contributed by atoms with van der Waals surface area (Å²) in [6.07, 6.45) is 9.17. The van der Waals surface area contributed by atoms with Crippen LogP contribution in [0.15, 0.2) is 36.4 Å². The number of H-pyrrole nitrogens is 1. The summed E-state index contributed by atoms with van der Waals surface area (Å²) in [4.78, 5) is 3.53. The van der Waals surface area contributed by atoms with Crippen LogP contribution in [0.25, 0.3) is 21.8 Å². The molecule has 0 aliphatic rings. The fourth-order valence-corrected chi connectivity index (χ4v) is 2.71. The van der Waals surface area contributed by atoms with E-state index in [1.807, 2.05) is 0 Å². The third kappa shape index (κ3) is 1.90. The number of aryl methyl sites for hydroxylation is 1. The van der Waals surface area contributed by atoms with Gasteiger partial charge in [0.25, 0.3) is 0 Å². The summed E-state index contributed by atoms with van der Waals surface area (Å²) in [6, 6.07) is 12.6. The highest BCUT2D eigenvalue weighted by molar-refractivity contribution is 6.11. The van der Waals surface area contributed by atoms with Crippen LogP contribution >= 0.6 is 0 Å². The molecule has 0 atom stereocenters. The third-order valence-electron chi connectivity index (χ3n) is 3.70. The van der Waals surface area contributed by atoms with Crippen LogP contribution in [0.2, 0.25) is 0 Å². The minimum absolute atomic E-state index is 0.979. The number of fused-ring (bicyclic) bond motifs is 3. The summed E-state index contributed by atoms with van der Waals surface area (Å²) in [5.74, 6) is 2.81. The molecular formula is C18H17N. The molecule has 0 radical (unpaired) electrons. The van der Waals surface area contributed by atoms with Crippen LogP contribution in [-0.2, 0) is 6.42 Å². The van der Waals surface area contributed by atoms with Crippen molar-refractivity contribution >= 4 is 21.8 Å². The number of terminal acetylenes is 1. The lowest BCUT2D eigenvalue weighted by Crippen LogP contribution is -1.88. The normalized spacial score (nSPS) is 10.9. The average Bonchev–Trinajstić information content (AvgIpc) is 2.84. The lowest BCUT2D eigenvalue weighted by atomic mass is 10.0. The van der Waals surface area contributed by atoms with Crippen molar-refractivity contribution in [2.75, 3.05) is 0 Å². The number of benzene rings is 2. The molecule has 3 rings (SSSR count). The van der Waals surface area contributed by atoms with Gasteiger partial charge in [-0.05, 0) is 30.5 Å². The number of hydrogen-bond acceptors (Lipinski definition) is 0. The van der Waals surface area contributed by atoms with Crippen LogP contribution in [0.1, 0.15) is 30.9 Å². The van der Waals surface area contributed by atoms with Crippen molar-refractivity contribution in [1.29, 1.82) is 0 Å². The fourth-order valence-electron chi connectivity index (χ4n) is 2.71. The number of aromatic amines is 1. The second-order valence-corrected chi connectivity index (χ2v) is 4.94. The highest BCUT2D eigenvalue weighted by atomic mass is 14.7. The molecular weight excluding hydrogens is 230 g/mol. The molecule has 3 aromatic rings. The summed E-state index contributed by atoms with van der Waals surface area (Å²) in [5, 5.41) is 2.43. The lowest BCUT2D eigenvalue weighted by Gasteiger charge is -2.04. The standard InChI is InChI=1S/C18H17N/c1-3-5-8-14-12-11-13(4-2)17-15-9-6-7-10-16(15)19-18(14)17/h2,6-7,9-12,19H,3,5,8H2,1H3. The maximum Gasteiger partial charge on any atom is 0.0510 e. The van der Waals surface area contributed by atoms with Gasteiger partial charge in [0.2, 0.25) is 0 Å². The van der Waals surface area contributed by atoms with Crippen molar-refractivity contribution in [2.45, 2.75) is 26.2 Å². The van der Waals surface area contributed by atoms with Gasteiger partial charge in [-0.1, -0.05) is 43.5 Å². The van der Waals surface area contributed by atoms with E-state index in [0.29, 0.717) is 0 Å². The second kappa shape index (κ2) is 4.82. The molecule has 1 nitrogen and oxygen atoms in total. The first kappa shape index (κ1) is 11.9. The third-order valence-corrected chi connectivity index (χ3v) is 3.70. The van der Waals surface area contributed by atoms with Crippen molar-refractivity contribution in [1.82, 2.24) is 4.98 Å². The highest BCUT2D eigenvalue weighted by Crippen LogP contribution is 2.31. The summed E-state index contributed by atoms with van der Waals surface area (Å²) in [6.45, 7) is 2.22. The van der Waals surface area contributed by atoms with E-state index in [1.54, 1.807) is 0 Å². The molecule has 0 saturated heterocycles. The van der Waals surface area contributed by atoms with E-state index < -0.39 is 0 Å². The molecule has 1 N–H and O–H groups in total. The van der Waals surface area contributed by atoms with Crippen molar-refractivity contribution in [3.05, 3.63) is 47.5 Å². The first-order valence-electron chi connectivity index (χ1n) is 6.84. The molecule has 1 heterocycles. The second-order valence-electron chi connectivity index (χ2n) is 4.94. The van der Waals surface area contributed by atoms with Crippen LogP contribution in [0, 0.1) is 12.3 Å². The van der Waals surface area contributed by atoms with E-state index in [0.717, 1.165) is 17.5 Å². The van der Waals surface area contributed by atoms with Gasteiger partial charge in [-0.3, -0.25) is 0 Å². The molecule has 0 saturated carbocycles. The van der Waals surface area contributed by atoms with E-state index in [4.69, 9.17) is 6.42 Å². The van der Waals surface area contributed by atoms with Crippen molar-refractivity contribution in [2.24, 2.45) is 0 Å². The Hall–Kier alpha value is -2.20. The number of nitrogens with one attached hydrogen (secondary N) is 1. The minimum Gasteiger partial charge on any atom is -0.354 e. The quantitative estimate of drug-likeness (QED) is 0.649. The smallest absolute Gasteiger partial charge is 0.0510 e. The molecule has 0 bridgehead atoms. The lowest BCUT2D eigenvalue weighted by molar-refractivity contribution is 0.798. The maximum atomic E-state index is 5.65. The molecule has 1 aromatic heterocycles. The molecule has 0 fully saturated rings. The largest absolute Gasteiger partial charge is 0.354 e. The van der Waals surface area contributed by atoms with Gasteiger partial charge in [0.15, 0.2) is 0 Å². The maximum absolute atomic E-state index is 5.65. The fraction of sp³-hybridized carbons (Fsp3) is 0.222. The van der Waals surface area contributed by atoms with E-state index in [9.17, 15) is 0 Å². The Morgan fingerprint density at radius 3 is 2.79 bits per heavy atom. The Kier molecular flexibility index (Phi) is 3.01. The van der Waals surface area contributed by atoms with Crippen LogP contribution < -0.4 is 0 Å². The zero-order valence-corrected chi connectivity index (χ0v) is 11.2. The molecule has 0 aliphatic carbocycles. The molecule has 0 aliphatic heterocycles. The van der Waals surface area contributed by atoms with Gasteiger partial charge in [-0.15, -0.1) is 6.42 Å². The Morgan fingerprint density at radius 1 is 1.16 bits per heavy atom. The zero-order chi connectivity index (χ0) is 13.2. The zero-order valence-electron chi connectivity index (χ0n) is 11.2. The van der Waals surface area contributed by atoms with Gasteiger partial charge in [0.05, 0.1) is 5.52 Å². The molecule has 0 unspecified atom stereocenters. The van der Waals surface area contributed by atoms with Crippen molar-refractivity contribution in [3.8, 4) is 12.3 Å². The van der Waals surface area contributed by atoms with Crippen molar-refractivity contribution < 1.29 is 0 Å². The van der Waals surface area contributed by atoms with E-state index in [-0.39, 0.29) is 0 Å². The highest BCUT2D eigenvalue weighted by Gasteiger charge is 2.10. The minimum atomic E-state index is 0.979. The van der Waals surface area contributed by atoms with Crippen LogP contribution in [0.5, 0.6) is 0 Å². The first-order valence-corrected chi connectivity index (χ1v) is 6.84. The molecule has 0 spiro atoms. The number of rotatable bonds is 3. The van der Waals surface area contributed by atoms with Gasteiger partial charge in [0.1, 0.15) is 0 Å². The first-order chi connectivity index (χ1) is 9.35. The number of unbranched alkanes of at least 4 members (excludes halogenated alkanes) is 1. The molecule has 0 amide bonds. The number of aromatic nitrogens is 1. The topological polar surface area (TPSA) is 15.8 Å². The summed E-state index contributed by atoms with van der Waals surface area (Å²) in [7, 11) is 0. The summed E-state index contributed by atoms with van der Waals surface area (Å²) in [5.41, 5.74) is 4.72. The molecule has 94 valence electrons. The average molecular weight is 247 g/mol. The number of para-hydroxylation sites is 1. The predicted octanol–water partition coefficient (Wildman–Crippen LogP) is 4.65. The molecule has 2 aromatic carbocycles. The van der Waals surface area contributed by atoms with Gasteiger partial charge < -0.3 is 4.98 Å². The number of hydrogen-bond donors (Lipinski definition) is 1. The molecule has 19 heavy (non-hydrogen) atoms.